The van der Waals surface area contributed by atoms with Crippen molar-refractivity contribution in [3.8, 4) is 11.5 Å². The predicted octanol–water partition coefficient (Wildman–Crippen LogP) is 1.16. The fourth-order valence-electron chi connectivity index (χ4n) is 2.87. The lowest BCUT2D eigenvalue weighted by Gasteiger charge is -2.27. The summed E-state index contributed by atoms with van der Waals surface area (Å²) in [7, 11) is -2.88. The van der Waals surface area contributed by atoms with E-state index in [2.05, 4.69) is 5.32 Å². The molecule has 1 atom stereocenters. The zero-order valence-corrected chi connectivity index (χ0v) is 13.7. The van der Waals surface area contributed by atoms with Crippen LogP contribution in [0.15, 0.2) is 24.3 Å². The minimum atomic E-state index is -2.88. The molecule has 2 aliphatic rings. The SMILES string of the molecule is O=C(CC1CCS(=O)(=O)CC1)NCC1COc2ccccc2O1. The summed E-state index contributed by atoms with van der Waals surface area (Å²) in [4.78, 5) is 12.0. The lowest BCUT2D eigenvalue weighted by molar-refractivity contribution is -0.122. The highest BCUT2D eigenvalue weighted by molar-refractivity contribution is 7.91. The number of ether oxygens (including phenoxy) is 2. The maximum absolute atomic E-state index is 12.0. The maximum atomic E-state index is 12.0. The Hall–Kier alpha value is -1.76. The number of carbonyl (C=O) groups is 1. The Kier molecular flexibility index (Phi) is 4.75. The molecular weight excluding hydrogens is 318 g/mol. The molecule has 1 N–H and O–H groups in total. The van der Waals surface area contributed by atoms with E-state index < -0.39 is 9.84 Å². The van der Waals surface area contributed by atoms with Crippen LogP contribution in [0.4, 0.5) is 0 Å². The molecule has 6 nitrogen and oxygen atoms in total. The second kappa shape index (κ2) is 6.78. The molecule has 23 heavy (non-hydrogen) atoms. The van der Waals surface area contributed by atoms with Crippen LogP contribution in [0.3, 0.4) is 0 Å². The fourth-order valence-corrected chi connectivity index (χ4v) is 4.46. The number of hydrogen-bond donors (Lipinski definition) is 1. The summed E-state index contributed by atoms with van der Waals surface area (Å²) in [5.74, 6) is 1.90. The minimum Gasteiger partial charge on any atom is -0.486 e. The third kappa shape index (κ3) is 4.37. The van der Waals surface area contributed by atoms with Gasteiger partial charge in [0.2, 0.25) is 5.91 Å². The van der Waals surface area contributed by atoms with Crippen LogP contribution in [-0.4, -0.2) is 45.1 Å². The number of fused-ring (bicyclic) bond motifs is 1. The van der Waals surface area contributed by atoms with Gasteiger partial charge in [-0.15, -0.1) is 0 Å². The second-order valence-electron chi connectivity index (χ2n) is 6.10. The summed E-state index contributed by atoms with van der Waals surface area (Å²) in [6.45, 7) is 0.789. The molecule has 1 aromatic carbocycles. The Morgan fingerprint density at radius 3 is 2.61 bits per heavy atom. The van der Waals surface area contributed by atoms with Gasteiger partial charge in [-0.2, -0.15) is 0 Å². The number of rotatable bonds is 4. The molecule has 1 saturated heterocycles. The average molecular weight is 339 g/mol. The van der Waals surface area contributed by atoms with Crippen molar-refractivity contribution in [3.05, 3.63) is 24.3 Å². The monoisotopic (exact) mass is 339 g/mol. The number of benzene rings is 1. The van der Waals surface area contributed by atoms with E-state index in [-0.39, 0.29) is 29.4 Å². The van der Waals surface area contributed by atoms with Crippen LogP contribution in [0.1, 0.15) is 19.3 Å². The molecule has 2 aliphatic heterocycles. The van der Waals surface area contributed by atoms with E-state index in [1.165, 1.54) is 0 Å². The Balaban J connectivity index is 1.42. The van der Waals surface area contributed by atoms with Gasteiger partial charge in [0.25, 0.3) is 0 Å². The van der Waals surface area contributed by atoms with E-state index in [0.717, 1.165) is 5.75 Å². The van der Waals surface area contributed by atoms with Crippen LogP contribution in [0.2, 0.25) is 0 Å². The standard InChI is InChI=1S/C16H21NO5S/c18-16(9-12-5-7-23(19,20)8-6-12)17-10-13-11-21-14-3-1-2-4-15(14)22-13/h1-4,12-13H,5-11H2,(H,17,18). The van der Waals surface area contributed by atoms with Crippen molar-refractivity contribution in [2.24, 2.45) is 5.92 Å². The lowest BCUT2D eigenvalue weighted by Crippen LogP contribution is -2.41. The van der Waals surface area contributed by atoms with Crippen molar-refractivity contribution in [1.29, 1.82) is 0 Å². The highest BCUT2D eigenvalue weighted by atomic mass is 32.2. The van der Waals surface area contributed by atoms with Gasteiger partial charge in [0.1, 0.15) is 22.5 Å². The Morgan fingerprint density at radius 1 is 1.17 bits per heavy atom. The number of nitrogens with one attached hydrogen (secondary N) is 1. The molecule has 126 valence electrons. The minimum absolute atomic E-state index is 0.0586. The summed E-state index contributed by atoms with van der Waals surface area (Å²) in [6.07, 6.45) is 1.32. The van der Waals surface area contributed by atoms with Crippen molar-refractivity contribution in [3.63, 3.8) is 0 Å². The fraction of sp³-hybridized carbons (Fsp3) is 0.562. The molecule has 1 fully saturated rings. The van der Waals surface area contributed by atoms with Gasteiger partial charge in [0, 0.05) is 6.42 Å². The Labute approximate surface area is 136 Å². The highest BCUT2D eigenvalue weighted by Gasteiger charge is 2.26. The Bertz CT molecular complexity index is 659. The van der Waals surface area contributed by atoms with Crippen molar-refractivity contribution in [2.45, 2.75) is 25.4 Å². The van der Waals surface area contributed by atoms with Gasteiger partial charge in [-0.3, -0.25) is 4.79 Å². The molecule has 7 heteroatoms. The van der Waals surface area contributed by atoms with Crippen LogP contribution in [0.25, 0.3) is 0 Å². The van der Waals surface area contributed by atoms with Crippen molar-refractivity contribution in [1.82, 2.24) is 5.32 Å². The quantitative estimate of drug-likeness (QED) is 0.890. The zero-order valence-electron chi connectivity index (χ0n) is 12.9. The van der Waals surface area contributed by atoms with Crippen LogP contribution < -0.4 is 14.8 Å². The van der Waals surface area contributed by atoms with Gasteiger partial charge in [-0.05, 0) is 30.9 Å². The van der Waals surface area contributed by atoms with Gasteiger partial charge in [0.15, 0.2) is 11.5 Å². The second-order valence-corrected chi connectivity index (χ2v) is 8.40. The average Bonchev–Trinajstić information content (AvgIpc) is 2.55. The van der Waals surface area contributed by atoms with E-state index in [1.807, 2.05) is 24.3 Å². The lowest BCUT2D eigenvalue weighted by atomic mass is 9.98. The normalized spacial score (nSPS) is 23.2. The van der Waals surface area contributed by atoms with Crippen molar-refractivity contribution >= 4 is 15.7 Å². The summed E-state index contributed by atoms with van der Waals surface area (Å²) in [5.41, 5.74) is 0. The molecular formula is C16H21NO5S. The van der Waals surface area contributed by atoms with Crippen LogP contribution in [0.5, 0.6) is 11.5 Å². The molecule has 1 unspecified atom stereocenters. The number of sulfone groups is 1. The first-order valence-electron chi connectivity index (χ1n) is 7.87. The van der Waals surface area contributed by atoms with Gasteiger partial charge in [-0.1, -0.05) is 12.1 Å². The topological polar surface area (TPSA) is 81.7 Å². The van der Waals surface area contributed by atoms with E-state index in [0.29, 0.717) is 38.2 Å². The summed E-state index contributed by atoms with van der Waals surface area (Å²) < 4.78 is 34.1. The van der Waals surface area contributed by atoms with Gasteiger partial charge in [-0.25, -0.2) is 8.42 Å². The summed E-state index contributed by atoms with van der Waals surface area (Å²) in [6, 6.07) is 7.45. The molecule has 1 aromatic rings. The molecule has 1 amide bonds. The molecule has 0 saturated carbocycles. The zero-order chi connectivity index (χ0) is 16.3. The largest absolute Gasteiger partial charge is 0.486 e. The van der Waals surface area contributed by atoms with E-state index >= 15 is 0 Å². The van der Waals surface area contributed by atoms with Gasteiger partial charge in [0.05, 0.1) is 18.1 Å². The Morgan fingerprint density at radius 2 is 1.87 bits per heavy atom. The number of hydrogen-bond acceptors (Lipinski definition) is 5. The maximum Gasteiger partial charge on any atom is 0.220 e. The van der Waals surface area contributed by atoms with Gasteiger partial charge >= 0.3 is 0 Å². The van der Waals surface area contributed by atoms with Crippen LogP contribution in [0, 0.1) is 5.92 Å². The summed E-state index contributed by atoms with van der Waals surface area (Å²) >= 11 is 0. The van der Waals surface area contributed by atoms with Crippen LogP contribution in [-0.2, 0) is 14.6 Å². The third-order valence-corrected chi connectivity index (χ3v) is 5.96. The molecule has 0 bridgehead atoms. The molecule has 0 aromatic heterocycles. The number of amides is 1. The molecule has 0 radical (unpaired) electrons. The first-order chi connectivity index (χ1) is 11.0. The smallest absolute Gasteiger partial charge is 0.220 e. The number of carbonyl (C=O) groups excluding carboxylic acids is 1. The van der Waals surface area contributed by atoms with Crippen LogP contribution >= 0.6 is 0 Å². The first kappa shape index (κ1) is 16.1. The molecule has 0 aliphatic carbocycles. The van der Waals surface area contributed by atoms with E-state index in [9.17, 15) is 13.2 Å². The van der Waals surface area contributed by atoms with E-state index in [4.69, 9.17) is 9.47 Å². The molecule has 3 rings (SSSR count). The highest BCUT2D eigenvalue weighted by Crippen LogP contribution is 2.30. The molecule has 2 heterocycles. The number of para-hydroxylation sites is 2. The van der Waals surface area contributed by atoms with Crippen molar-refractivity contribution in [2.75, 3.05) is 24.7 Å². The predicted molar refractivity (Wildman–Crippen MR) is 85.4 cm³/mol. The van der Waals surface area contributed by atoms with Gasteiger partial charge < -0.3 is 14.8 Å². The summed E-state index contributed by atoms with van der Waals surface area (Å²) in [5, 5.41) is 2.86. The first-order valence-corrected chi connectivity index (χ1v) is 9.69. The molecule has 0 spiro atoms. The van der Waals surface area contributed by atoms with Crippen molar-refractivity contribution < 1.29 is 22.7 Å². The third-order valence-electron chi connectivity index (χ3n) is 4.24. The van der Waals surface area contributed by atoms with E-state index in [1.54, 1.807) is 0 Å².